The van der Waals surface area contributed by atoms with Crippen LogP contribution >= 0.6 is 15.9 Å². The van der Waals surface area contributed by atoms with Gasteiger partial charge < -0.3 is 5.73 Å². The van der Waals surface area contributed by atoms with Gasteiger partial charge in [-0.25, -0.2) is 0 Å². The molecule has 6 heteroatoms. The first-order valence-electron chi connectivity index (χ1n) is 6.71. The summed E-state index contributed by atoms with van der Waals surface area (Å²) < 4.78 is 2.89. The standard InChI is InChI=1S/C15H16BrN5/c1-9-14(16)13(21(2)20-9)8-11(17)10-4-3-5-12-15(10)19-7-6-18-12/h3-7,11H,8,17H2,1-2H3. The highest BCUT2D eigenvalue weighted by Crippen LogP contribution is 2.27. The zero-order valence-corrected chi connectivity index (χ0v) is 13.5. The molecule has 2 heterocycles. The first-order chi connectivity index (χ1) is 10.1. The largest absolute Gasteiger partial charge is 0.324 e. The van der Waals surface area contributed by atoms with Gasteiger partial charge in [-0.2, -0.15) is 5.10 Å². The quantitative estimate of drug-likeness (QED) is 0.792. The summed E-state index contributed by atoms with van der Waals surface area (Å²) in [6.07, 6.45) is 4.08. The SMILES string of the molecule is Cc1nn(C)c(CC(N)c2cccc3nccnc23)c1Br. The lowest BCUT2D eigenvalue weighted by molar-refractivity contribution is 0.640. The van der Waals surface area contributed by atoms with Crippen LogP contribution in [0.15, 0.2) is 35.1 Å². The van der Waals surface area contributed by atoms with Crippen LogP contribution in [0.25, 0.3) is 11.0 Å². The molecule has 0 spiro atoms. The zero-order valence-electron chi connectivity index (χ0n) is 11.9. The van der Waals surface area contributed by atoms with Crippen molar-refractivity contribution in [3.63, 3.8) is 0 Å². The minimum atomic E-state index is -0.156. The lowest BCUT2D eigenvalue weighted by Crippen LogP contribution is -2.16. The van der Waals surface area contributed by atoms with Gasteiger partial charge in [0, 0.05) is 31.9 Å². The van der Waals surface area contributed by atoms with Gasteiger partial charge in [-0.05, 0) is 34.5 Å². The maximum Gasteiger partial charge on any atom is 0.0934 e. The van der Waals surface area contributed by atoms with Gasteiger partial charge in [-0.1, -0.05) is 12.1 Å². The molecule has 2 N–H and O–H groups in total. The summed E-state index contributed by atoms with van der Waals surface area (Å²) in [7, 11) is 1.93. The maximum absolute atomic E-state index is 6.41. The molecule has 0 saturated carbocycles. The Hall–Kier alpha value is -1.79. The second-order valence-corrected chi connectivity index (χ2v) is 5.84. The molecule has 1 atom stereocenters. The predicted molar refractivity (Wildman–Crippen MR) is 85.8 cm³/mol. The number of hydrogen-bond donors (Lipinski definition) is 1. The van der Waals surface area contributed by atoms with E-state index in [4.69, 9.17) is 5.73 Å². The van der Waals surface area contributed by atoms with E-state index in [0.29, 0.717) is 6.42 Å². The molecule has 0 bridgehead atoms. The van der Waals surface area contributed by atoms with E-state index in [9.17, 15) is 0 Å². The van der Waals surface area contributed by atoms with Crippen molar-refractivity contribution in [2.24, 2.45) is 12.8 Å². The number of para-hydroxylation sites is 1. The van der Waals surface area contributed by atoms with E-state index in [1.54, 1.807) is 12.4 Å². The average molecular weight is 346 g/mol. The molecular formula is C15H16BrN5. The summed E-state index contributed by atoms with van der Waals surface area (Å²) in [4.78, 5) is 8.74. The van der Waals surface area contributed by atoms with Crippen molar-refractivity contribution in [1.29, 1.82) is 0 Å². The summed E-state index contributed by atoms with van der Waals surface area (Å²) in [5.41, 5.74) is 11.2. The molecule has 5 nitrogen and oxygen atoms in total. The number of fused-ring (bicyclic) bond motifs is 1. The number of nitrogens with zero attached hydrogens (tertiary/aromatic N) is 4. The molecule has 1 aromatic carbocycles. The van der Waals surface area contributed by atoms with Crippen molar-refractivity contribution in [2.45, 2.75) is 19.4 Å². The van der Waals surface area contributed by atoms with Crippen LogP contribution in [0, 0.1) is 6.92 Å². The number of rotatable bonds is 3. The van der Waals surface area contributed by atoms with E-state index in [2.05, 4.69) is 31.0 Å². The van der Waals surface area contributed by atoms with Crippen LogP contribution in [-0.2, 0) is 13.5 Å². The van der Waals surface area contributed by atoms with Crippen molar-refractivity contribution in [3.8, 4) is 0 Å². The van der Waals surface area contributed by atoms with Crippen molar-refractivity contribution in [1.82, 2.24) is 19.7 Å². The third-order valence-electron chi connectivity index (χ3n) is 3.60. The fourth-order valence-corrected chi connectivity index (χ4v) is 3.03. The normalized spacial score (nSPS) is 12.8. The fourth-order valence-electron chi connectivity index (χ4n) is 2.53. The zero-order chi connectivity index (χ0) is 15.0. The lowest BCUT2D eigenvalue weighted by atomic mass is 10.0. The van der Waals surface area contributed by atoms with Crippen LogP contribution in [0.4, 0.5) is 0 Å². The van der Waals surface area contributed by atoms with Crippen LogP contribution in [0.1, 0.15) is 23.0 Å². The molecule has 0 aliphatic carbocycles. The van der Waals surface area contributed by atoms with Crippen molar-refractivity contribution < 1.29 is 0 Å². The monoisotopic (exact) mass is 345 g/mol. The van der Waals surface area contributed by atoms with E-state index in [1.165, 1.54) is 0 Å². The molecule has 0 amide bonds. The molecule has 0 aliphatic rings. The topological polar surface area (TPSA) is 69.6 Å². The Bertz CT molecular complexity index is 791. The third-order valence-corrected chi connectivity index (χ3v) is 4.64. The van der Waals surface area contributed by atoms with Crippen molar-refractivity contribution in [3.05, 3.63) is 52.0 Å². The van der Waals surface area contributed by atoms with Gasteiger partial charge in [0.1, 0.15) is 0 Å². The number of benzene rings is 1. The van der Waals surface area contributed by atoms with Gasteiger partial charge in [0.15, 0.2) is 0 Å². The Morgan fingerprint density at radius 1 is 1.29 bits per heavy atom. The molecule has 0 radical (unpaired) electrons. The summed E-state index contributed by atoms with van der Waals surface area (Å²) >= 11 is 3.58. The van der Waals surface area contributed by atoms with Crippen LogP contribution in [0.3, 0.4) is 0 Å². The number of aryl methyl sites for hydroxylation is 2. The Kier molecular flexibility index (Phi) is 3.73. The van der Waals surface area contributed by atoms with Crippen LogP contribution in [-0.4, -0.2) is 19.7 Å². The molecule has 2 aromatic heterocycles. The van der Waals surface area contributed by atoms with Crippen LogP contribution in [0.2, 0.25) is 0 Å². The maximum atomic E-state index is 6.41. The minimum absolute atomic E-state index is 0.156. The second-order valence-electron chi connectivity index (χ2n) is 5.05. The number of halogens is 1. The van der Waals surface area contributed by atoms with E-state index in [0.717, 1.165) is 32.5 Å². The molecule has 0 aliphatic heterocycles. The smallest absolute Gasteiger partial charge is 0.0934 e. The molecule has 0 saturated heterocycles. The summed E-state index contributed by atoms with van der Waals surface area (Å²) in [6, 6.07) is 5.77. The average Bonchev–Trinajstić information content (AvgIpc) is 2.73. The molecule has 21 heavy (non-hydrogen) atoms. The van der Waals surface area contributed by atoms with E-state index in [1.807, 2.05) is 36.9 Å². The molecular weight excluding hydrogens is 330 g/mol. The number of aromatic nitrogens is 4. The highest BCUT2D eigenvalue weighted by molar-refractivity contribution is 9.10. The van der Waals surface area contributed by atoms with Gasteiger partial charge in [-0.3, -0.25) is 14.6 Å². The third kappa shape index (κ3) is 2.56. The Morgan fingerprint density at radius 2 is 2.05 bits per heavy atom. The Morgan fingerprint density at radius 3 is 2.76 bits per heavy atom. The van der Waals surface area contributed by atoms with Crippen molar-refractivity contribution in [2.75, 3.05) is 0 Å². The number of hydrogen-bond acceptors (Lipinski definition) is 4. The van der Waals surface area contributed by atoms with Crippen molar-refractivity contribution >= 4 is 27.0 Å². The van der Waals surface area contributed by atoms with E-state index in [-0.39, 0.29) is 6.04 Å². The molecule has 3 rings (SSSR count). The molecule has 108 valence electrons. The minimum Gasteiger partial charge on any atom is -0.324 e. The van der Waals surface area contributed by atoms with Gasteiger partial charge in [-0.15, -0.1) is 0 Å². The summed E-state index contributed by atoms with van der Waals surface area (Å²) in [5.74, 6) is 0. The van der Waals surface area contributed by atoms with Crippen LogP contribution in [0.5, 0.6) is 0 Å². The first kappa shape index (κ1) is 14.2. The van der Waals surface area contributed by atoms with Gasteiger partial charge in [0.25, 0.3) is 0 Å². The number of nitrogens with two attached hydrogens (primary N) is 1. The summed E-state index contributed by atoms with van der Waals surface area (Å²) in [5, 5.41) is 4.41. The van der Waals surface area contributed by atoms with Gasteiger partial charge in [0.05, 0.1) is 26.9 Å². The lowest BCUT2D eigenvalue weighted by Gasteiger charge is -2.14. The first-order valence-corrected chi connectivity index (χ1v) is 7.50. The fraction of sp³-hybridized carbons (Fsp3) is 0.267. The second kappa shape index (κ2) is 5.54. The highest BCUT2D eigenvalue weighted by Gasteiger charge is 2.17. The van der Waals surface area contributed by atoms with E-state index < -0.39 is 0 Å². The van der Waals surface area contributed by atoms with Crippen LogP contribution < -0.4 is 5.73 Å². The summed E-state index contributed by atoms with van der Waals surface area (Å²) in [6.45, 7) is 1.97. The highest BCUT2D eigenvalue weighted by atomic mass is 79.9. The molecule has 1 unspecified atom stereocenters. The van der Waals surface area contributed by atoms with E-state index >= 15 is 0 Å². The molecule has 3 aromatic rings. The predicted octanol–water partition coefficient (Wildman–Crippen LogP) is 2.68. The van der Waals surface area contributed by atoms with Gasteiger partial charge >= 0.3 is 0 Å². The Labute approximate surface area is 131 Å². The van der Waals surface area contributed by atoms with Gasteiger partial charge in [0.2, 0.25) is 0 Å². The molecule has 0 fully saturated rings. The Balaban J connectivity index is 1.99.